The summed E-state index contributed by atoms with van der Waals surface area (Å²) in [5.41, 5.74) is -0.413. The van der Waals surface area contributed by atoms with E-state index >= 15 is 0 Å². The first-order valence-corrected chi connectivity index (χ1v) is 8.52. The quantitative estimate of drug-likeness (QED) is 0.317. The highest BCUT2D eigenvalue weighted by molar-refractivity contribution is 6.50. The topological polar surface area (TPSA) is 32.8 Å². The fourth-order valence-corrected chi connectivity index (χ4v) is 1.87. The second kappa shape index (κ2) is 13.2. The number of piperazine rings is 1. The van der Waals surface area contributed by atoms with E-state index in [4.69, 9.17) is 4.74 Å². The summed E-state index contributed by atoms with van der Waals surface area (Å²) < 4.78 is 122. The molecule has 0 aromatic carbocycles. The lowest BCUT2D eigenvalue weighted by Gasteiger charge is -2.42. The van der Waals surface area contributed by atoms with Gasteiger partial charge >= 0.3 is 27.9 Å². The number of carbonyl (C=O) groups excluding carboxylic acids is 1. The largest absolute Gasteiger partial charge is 0.673 e. The van der Waals surface area contributed by atoms with E-state index in [1.165, 1.54) is 0 Å². The van der Waals surface area contributed by atoms with Crippen LogP contribution in [0.15, 0.2) is 0 Å². The zero-order chi connectivity index (χ0) is 26.0. The summed E-state index contributed by atoms with van der Waals surface area (Å²) in [5.74, 6) is 0. The van der Waals surface area contributed by atoms with Crippen LogP contribution in [-0.2, 0) is 4.74 Å². The zero-order valence-corrected chi connectivity index (χ0v) is 17.5. The Morgan fingerprint density at radius 2 is 1.03 bits per heavy atom. The van der Waals surface area contributed by atoms with Crippen LogP contribution in [0.4, 0.5) is 56.6 Å². The van der Waals surface area contributed by atoms with E-state index in [1.54, 1.807) is 0 Å². The Bertz CT molecular complexity index is 464. The number of carbonyl (C=O) groups is 1. The number of ether oxygens (including phenoxy) is 1. The molecule has 0 aliphatic carbocycles. The van der Waals surface area contributed by atoms with Gasteiger partial charge in [0.1, 0.15) is 5.60 Å². The van der Waals surface area contributed by atoms with Crippen LogP contribution in [-0.4, -0.2) is 75.5 Å². The number of amides is 1. The van der Waals surface area contributed by atoms with Gasteiger partial charge in [-0.15, -0.1) is 0 Å². The van der Waals surface area contributed by atoms with Crippen molar-refractivity contribution in [2.45, 2.75) is 52.3 Å². The van der Waals surface area contributed by atoms with Crippen LogP contribution < -0.4 is 0 Å². The van der Waals surface area contributed by atoms with Crippen LogP contribution in [0.2, 0.25) is 0 Å². The number of rotatable bonds is 0. The van der Waals surface area contributed by atoms with Crippen molar-refractivity contribution in [3.8, 4) is 0 Å². The van der Waals surface area contributed by atoms with Gasteiger partial charge < -0.3 is 61.4 Å². The average molecular weight is 489 g/mol. The standard InChI is InChI=1S/C12H24N2O2.3BF4/c1-9-8-14(10(2)7-13(9)6)11(15)16-12(3,4)5;3*2-1(3,4)5/h9-10H,7-8H2,1-6H3;;;/q;3*-1/t9-,10-;;;/m0.../s1. The number of hydrogen-bond donors (Lipinski definition) is 0. The molecule has 0 aromatic heterocycles. The van der Waals surface area contributed by atoms with Crippen molar-refractivity contribution in [3.63, 3.8) is 0 Å². The van der Waals surface area contributed by atoms with E-state index in [9.17, 15) is 56.6 Å². The minimum absolute atomic E-state index is 0.194. The zero-order valence-electron chi connectivity index (χ0n) is 17.5. The molecule has 1 saturated heterocycles. The van der Waals surface area contributed by atoms with E-state index in [2.05, 4.69) is 25.8 Å². The van der Waals surface area contributed by atoms with Gasteiger partial charge in [0.2, 0.25) is 0 Å². The molecule has 1 rings (SSSR count). The van der Waals surface area contributed by atoms with Gasteiger partial charge in [-0.1, -0.05) is 0 Å². The van der Waals surface area contributed by atoms with Gasteiger partial charge in [0, 0.05) is 25.2 Å². The molecule has 1 amide bonds. The van der Waals surface area contributed by atoms with Crippen molar-refractivity contribution in [1.29, 1.82) is 0 Å². The Hall–Kier alpha value is -1.42. The summed E-state index contributed by atoms with van der Waals surface area (Å²) in [7, 11) is -15.9. The molecule has 0 N–H and O–H groups in total. The Labute approximate surface area is 172 Å². The molecule has 2 atom stereocenters. The van der Waals surface area contributed by atoms with Gasteiger partial charge in [-0.3, -0.25) is 4.90 Å². The third-order valence-corrected chi connectivity index (χ3v) is 2.93. The van der Waals surface area contributed by atoms with Crippen LogP contribution in [0.5, 0.6) is 0 Å². The first-order chi connectivity index (χ1) is 13.2. The van der Waals surface area contributed by atoms with E-state index < -0.39 is 27.4 Å². The fraction of sp³-hybridized carbons (Fsp3) is 0.917. The predicted molar refractivity (Wildman–Crippen MR) is 95.1 cm³/mol. The van der Waals surface area contributed by atoms with Gasteiger partial charge in [-0.05, 0) is 41.7 Å². The van der Waals surface area contributed by atoms with Gasteiger partial charge in [-0.2, -0.15) is 0 Å². The molecule has 0 bridgehead atoms. The van der Waals surface area contributed by atoms with Gasteiger partial charge in [0.15, 0.2) is 0 Å². The second-order valence-corrected chi connectivity index (χ2v) is 7.25. The summed E-state index contributed by atoms with van der Waals surface area (Å²) in [6, 6.07) is 0.611. The van der Waals surface area contributed by atoms with Crippen LogP contribution >= 0.6 is 0 Å². The number of nitrogens with zero attached hydrogens (tertiary/aromatic N) is 2. The minimum atomic E-state index is -6.00. The Morgan fingerprint density at radius 3 is 1.29 bits per heavy atom. The summed E-state index contributed by atoms with van der Waals surface area (Å²) in [5, 5.41) is 0. The van der Waals surface area contributed by atoms with E-state index in [0.29, 0.717) is 6.04 Å². The Morgan fingerprint density at radius 1 is 0.742 bits per heavy atom. The highest BCUT2D eigenvalue weighted by atomic mass is 19.5. The first kappa shape index (κ1) is 34.2. The lowest BCUT2D eigenvalue weighted by Crippen LogP contribution is -2.57. The number of likely N-dealkylation sites (N-methyl/N-ethyl adjacent to an activating group) is 1. The van der Waals surface area contributed by atoms with E-state index in [0.717, 1.165) is 13.1 Å². The molecule has 1 aliphatic heterocycles. The smallest absolute Gasteiger partial charge is 0.444 e. The highest BCUT2D eigenvalue weighted by Gasteiger charge is 2.32. The molecule has 1 fully saturated rings. The molecule has 19 heteroatoms. The minimum Gasteiger partial charge on any atom is -0.444 e. The average Bonchev–Trinajstić information content (AvgIpc) is 2.34. The van der Waals surface area contributed by atoms with Gasteiger partial charge in [0.25, 0.3) is 0 Å². The molecule has 0 spiro atoms. The summed E-state index contributed by atoms with van der Waals surface area (Å²) >= 11 is 0. The maximum atomic E-state index is 12.0. The van der Waals surface area contributed by atoms with Gasteiger partial charge in [-0.25, -0.2) is 4.79 Å². The van der Waals surface area contributed by atoms with Crippen molar-refractivity contribution in [3.05, 3.63) is 0 Å². The molecular formula is C12H24B3F12N2O2-3. The molecule has 4 nitrogen and oxygen atoms in total. The molecule has 1 aliphatic rings. The van der Waals surface area contributed by atoms with Crippen molar-refractivity contribution in [2.75, 3.05) is 20.1 Å². The van der Waals surface area contributed by atoms with Crippen molar-refractivity contribution in [2.24, 2.45) is 0 Å². The van der Waals surface area contributed by atoms with Crippen molar-refractivity contribution >= 4 is 27.9 Å². The Kier molecular flexibility index (Phi) is 14.6. The molecule has 31 heavy (non-hydrogen) atoms. The van der Waals surface area contributed by atoms with Crippen LogP contribution in [0, 0.1) is 0 Å². The lowest BCUT2D eigenvalue weighted by atomic mass is 10.1. The summed E-state index contributed by atoms with van der Waals surface area (Å²) in [6.45, 7) is 11.5. The van der Waals surface area contributed by atoms with E-state index in [-0.39, 0.29) is 12.1 Å². The van der Waals surface area contributed by atoms with Crippen LogP contribution in [0.25, 0.3) is 0 Å². The third-order valence-electron chi connectivity index (χ3n) is 2.93. The maximum absolute atomic E-state index is 12.0. The van der Waals surface area contributed by atoms with E-state index in [1.807, 2.05) is 25.7 Å². The third kappa shape index (κ3) is 36.3. The molecule has 0 radical (unpaired) electrons. The molecule has 0 aromatic rings. The molecule has 190 valence electrons. The fourth-order valence-electron chi connectivity index (χ4n) is 1.87. The molecule has 1 heterocycles. The monoisotopic (exact) mass is 489 g/mol. The van der Waals surface area contributed by atoms with Crippen LogP contribution in [0.3, 0.4) is 0 Å². The maximum Gasteiger partial charge on any atom is 0.673 e. The van der Waals surface area contributed by atoms with Crippen molar-refractivity contribution < 1.29 is 61.3 Å². The molecule has 0 saturated carbocycles. The normalized spacial score (nSPS) is 20.3. The first-order valence-electron chi connectivity index (χ1n) is 8.52. The lowest BCUT2D eigenvalue weighted by molar-refractivity contribution is -0.00533. The number of halogens is 12. The number of hydrogen-bond acceptors (Lipinski definition) is 3. The molecule has 0 unspecified atom stereocenters. The second-order valence-electron chi connectivity index (χ2n) is 7.25. The van der Waals surface area contributed by atoms with Crippen LogP contribution in [0.1, 0.15) is 34.6 Å². The van der Waals surface area contributed by atoms with Gasteiger partial charge in [0.05, 0.1) is 0 Å². The van der Waals surface area contributed by atoms with Crippen molar-refractivity contribution in [1.82, 2.24) is 9.80 Å². The SMILES string of the molecule is C[C@H]1CN(C(=O)OC(C)(C)C)[C@@H](C)CN1C.F[B-](F)(F)F.F[B-](F)(F)F.F[B-](F)(F)F. The predicted octanol–water partition coefficient (Wildman–Crippen LogP) is 5.85. The summed E-state index contributed by atoms with van der Waals surface area (Å²) in [4.78, 5) is 16.1. The Balaban J connectivity index is -0.000000428. The molecular weight excluding hydrogens is 465 g/mol. The summed E-state index contributed by atoms with van der Waals surface area (Å²) in [6.07, 6.45) is -0.194. The highest BCUT2D eigenvalue weighted by Crippen LogP contribution is 2.17.